The third-order valence-electron chi connectivity index (χ3n) is 4.88. The molecule has 1 aliphatic heterocycles. The molecule has 3 rings (SSSR count). The molecule has 2 fully saturated rings. The van der Waals surface area contributed by atoms with Crippen LogP contribution in [0.25, 0.3) is 6.08 Å². The van der Waals surface area contributed by atoms with Crippen LogP contribution in [0.15, 0.2) is 29.8 Å². The topological polar surface area (TPSA) is 61.2 Å². The van der Waals surface area contributed by atoms with Gasteiger partial charge in [0.15, 0.2) is 0 Å². The summed E-state index contributed by atoms with van der Waals surface area (Å²) in [5, 5.41) is 8.85. The third-order valence-corrected chi connectivity index (χ3v) is 7.01. The summed E-state index contributed by atoms with van der Waals surface area (Å²) in [5.74, 6) is -0.173. The van der Waals surface area contributed by atoms with Crippen molar-refractivity contribution in [2.75, 3.05) is 18.8 Å². The van der Waals surface area contributed by atoms with Gasteiger partial charge in [-0.05, 0) is 48.8 Å². The number of piperidine rings is 1. The van der Waals surface area contributed by atoms with E-state index in [0.29, 0.717) is 32.4 Å². The molecule has 2 aliphatic rings. The summed E-state index contributed by atoms with van der Waals surface area (Å²) >= 11 is 0. The van der Waals surface area contributed by atoms with E-state index in [9.17, 15) is 12.8 Å². The van der Waals surface area contributed by atoms with Crippen molar-refractivity contribution >= 4 is 16.1 Å². The Morgan fingerprint density at radius 2 is 2.00 bits per heavy atom. The van der Waals surface area contributed by atoms with Crippen molar-refractivity contribution in [2.45, 2.75) is 32.1 Å². The molecule has 1 saturated carbocycles. The van der Waals surface area contributed by atoms with Gasteiger partial charge in [-0.2, -0.15) is 5.26 Å². The Labute approximate surface area is 142 Å². The van der Waals surface area contributed by atoms with Gasteiger partial charge >= 0.3 is 0 Å². The highest BCUT2D eigenvalue weighted by molar-refractivity contribution is 7.89. The Bertz CT molecular complexity index is 781. The molecule has 0 aromatic heterocycles. The summed E-state index contributed by atoms with van der Waals surface area (Å²) in [6.45, 7) is 0.929. The lowest BCUT2D eigenvalue weighted by molar-refractivity contribution is 0.381. The second kappa shape index (κ2) is 6.66. The highest BCUT2D eigenvalue weighted by atomic mass is 32.2. The first-order chi connectivity index (χ1) is 11.4. The minimum atomic E-state index is -3.31. The molecular weight excluding hydrogens is 327 g/mol. The number of halogens is 1. The first-order valence-corrected chi connectivity index (χ1v) is 9.83. The fraction of sp³-hybridized carbons (Fsp3) is 0.500. The Balaban J connectivity index is 1.61. The zero-order valence-electron chi connectivity index (χ0n) is 13.5. The smallest absolute Gasteiger partial charge is 0.212 e. The number of nitrogens with zero attached hydrogens (tertiary/aromatic N) is 2. The molecule has 0 spiro atoms. The monoisotopic (exact) mass is 348 g/mol. The number of hydrogen-bond acceptors (Lipinski definition) is 3. The summed E-state index contributed by atoms with van der Waals surface area (Å²) in [5.41, 5.74) is 1.66. The van der Waals surface area contributed by atoms with Gasteiger partial charge in [-0.1, -0.05) is 23.8 Å². The number of hydrogen-bond donors (Lipinski definition) is 0. The number of nitriles is 1. The first kappa shape index (κ1) is 17.1. The lowest BCUT2D eigenvalue weighted by atomic mass is 10.0. The quantitative estimate of drug-likeness (QED) is 0.820. The number of sulfonamides is 1. The SMILES string of the molecule is N#CCC1(CS(=O)(=O)N2CCC(=Cc3cccc(F)c3)CC2)CC1. The van der Waals surface area contributed by atoms with Gasteiger partial charge < -0.3 is 0 Å². The van der Waals surface area contributed by atoms with Crippen molar-refractivity contribution in [2.24, 2.45) is 5.41 Å². The van der Waals surface area contributed by atoms with Crippen molar-refractivity contribution in [1.29, 1.82) is 5.26 Å². The fourth-order valence-corrected chi connectivity index (χ4v) is 5.31. The second-order valence-corrected chi connectivity index (χ2v) is 8.82. The zero-order chi connectivity index (χ0) is 17.2. The molecule has 0 bridgehead atoms. The average Bonchev–Trinajstić information content (AvgIpc) is 3.26. The molecule has 0 atom stereocenters. The van der Waals surface area contributed by atoms with E-state index in [1.807, 2.05) is 12.1 Å². The predicted molar refractivity (Wildman–Crippen MR) is 90.9 cm³/mol. The molecule has 1 aromatic carbocycles. The van der Waals surface area contributed by atoms with Crippen LogP contribution in [0.1, 0.15) is 37.7 Å². The van der Waals surface area contributed by atoms with E-state index in [1.165, 1.54) is 12.1 Å². The molecule has 4 nitrogen and oxygen atoms in total. The van der Waals surface area contributed by atoms with Gasteiger partial charge in [0.05, 0.1) is 11.8 Å². The molecule has 0 radical (unpaired) electrons. The van der Waals surface area contributed by atoms with Gasteiger partial charge in [-0.25, -0.2) is 17.1 Å². The van der Waals surface area contributed by atoms with Gasteiger partial charge in [0.2, 0.25) is 10.0 Å². The standard InChI is InChI=1S/C18H21FN2O2S/c19-17-3-1-2-16(13-17)12-15-4-10-21(11-5-15)24(22,23)14-18(6-7-18)8-9-20/h1-3,12-13H,4-8,10-11,14H2. The van der Waals surface area contributed by atoms with Gasteiger partial charge in [-0.3, -0.25) is 0 Å². The van der Waals surface area contributed by atoms with Crippen molar-refractivity contribution < 1.29 is 12.8 Å². The predicted octanol–water partition coefficient (Wildman–Crippen LogP) is 3.33. The Morgan fingerprint density at radius 3 is 2.58 bits per heavy atom. The molecule has 1 saturated heterocycles. The van der Waals surface area contributed by atoms with Gasteiger partial charge in [-0.15, -0.1) is 0 Å². The van der Waals surface area contributed by atoms with Crippen LogP contribution in [-0.4, -0.2) is 31.6 Å². The van der Waals surface area contributed by atoms with Crippen LogP contribution in [0, 0.1) is 22.6 Å². The minimum Gasteiger partial charge on any atom is -0.212 e. The molecular formula is C18H21FN2O2S. The summed E-state index contributed by atoms with van der Waals surface area (Å²) in [4.78, 5) is 0. The van der Waals surface area contributed by atoms with E-state index in [2.05, 4.69) is 6.07 Å². The summed E-state index contributed by atoms with van der Waals surface area (Å²) in [7, 11) is -3.31. The summed E-state index contributed by atoms with van der Waals surface area (Å²) in [6.07, 6.45) is 5.27. The Hall–Kier alpha value is -1.71. The molecule has 1 aromatic rings. The highest BCUT2D eigenvalue weighted by Crippen LogP contribution is 2.50. The van der Waals surface area contributed by atoms with Crippen LogP contribution in [0.4, 0.5) is 4.39 Å². The Kier molecular flexibility index (Phi) is 4.75. The van der Waals surface area contributed by atoms with E-state index in [4.69, 9.17) is 5.26 Å². The average molecular weight is 348 g/mol. The first-order valence-electron chi connectivity index (χ1n) is 8.22. The molecule has 0 unspecified atom stereocenters. The van der Waals surface area contributed by atoms with Crippen molar-refractivity contribution in [3.05, 3.63) is 41.2 Å². The maximum Gasteiger partial charge on any atom is 0.214 e. The van der Waals surface area contributed by atoms with E-state index in [1.54, 1.807) is 10.4 Å². The minimum absolute atomic E-state index is 0.0938. The Morgan fingerprint density at radius 1 is 1.29 bits per heavy atom. The van der Waals surface area contributed by atoms with Crippen molar-refractivity contribution in [3.63, 3.8) is 0 Å². The normalized spacial score (nSPS) is 20.4. The fourth-order valence-electron chi connectivity index (χ4n) is 3.22. The largest absolute Gasteiger partial charge is 0.214 e. The van der Waals surface area contributed by atoms with Crippen molar-refractivity contribution in [1.82, 2.24) is 4.31 Å². The van der Waals surface area contributed by atoms with E-state index in [0.717, 1.165) is 24.0 Å². The second-order valence-electron chi connectivity index (χ2n) is 6.85. The maximum atomic E-state index is 13.2. The molecule has 1 heterocycles. The van der Waals surface area contributed by atoms with E-state index >= 15 is 0 Å². The van der Waals surface area contributed by atoms with E-state index in [-0.39, 0.29) is 17.0 Å². The van der Waals surface area contributed by atoms with Gasteiger partial charge in [0.1, 0.15) is 5.82 Å². The highest BCUT2D eigenvalue weighted by Gasteiger charge is 2.47. The zero-order valence-corrected chi connectivity index (χ0v) is 14.4. The molecule has 24 heavy (non-hydrogen) atoms. The molecule has 6 heteroatoms. The number of benzene rings is 1. The van der Waals surface area contributed by atoms with Gasteiger partial charge in [0.25, 0.3) is 0 Å². The van der Waals surface area contributed by atoms with Crippen LogP contribution >= 0.6 is 0 Å². The van der Waals surface area contributed by atoms with E-state index < -0.39 is 10.0 Å². The molecule has 0 amide bonds. The molecule has 1 aliphatic carbocycles. The van der Waals surface area contributed by atoms with Gasteiger partial charge in [0, 0.05) is 19.5 Å². The lowest BCUT2D eigenvalue weighted by Gasteiger charge is -2.29. The van der Waals surface area contributed by atoms with Crippen LogP contribution < -0.4 is 0 Å². The summed E-state index contributed by atoms with van der Waals surface area (Å²) in [6, 6.07) is 8.52. The maximum absolute atomic E-state index is 13.2. The number of rotatable bonds is 5. The van der Waals surface area contributed by atoms with Crippen LogP contribution in [0.2, 0.25) is 0 Å². The molecule has 0 N–H and O–H groups in total. The van der Waals surface area contributed by atoms with Crippen LogP contribution in [0.3, 0.4) is 0 Å². The summed E-state index contributed by atoms with van der Waals surface area (Å²) < 4.78 is 39.9. The third kappa shape index (κ3) is 4.03. The lowest BCUT2D eigenvalue weighted by Crippen LogP contribution is -2.39. The van der Waals surface area contributed by atoms with Crippen LogP contribution in [-0.2, 0) is 10.0 Å². The van der Waals surface area contributed by atoms with Crippen molar-refractivity contribution in [3.8, 4) is 6.07 Å². The van der Waals surface area contributed by atoms with Crippen LogP contribution in [0.5, 0.6) is 0 Å². The molecule has 128 valence electrons.